The minimum Gasteiger partial charge on any atom is -0.475 e. The molecular formula is C13H12N2O2S. The fourth-order valence-corrected chi connectivity index (χ4v) is 3.12. The van der Waals surface area contributed by atoms with Crippen LogP contribution in [0.3, 0.4) is 0 Å². The van der Waals surface area contributed by atoms with E-state index in [0.29, 0.717) is 0 Å². The van der Waals surface area contributed by atoms with Gasteiger partial charge in [0, 0.05) is 4.90 Å². The predicted octanol–water partition coefficient (Wildman–Crippen LogP) is 2.81. The molecule has 0 unspecified atom stereocenters. The Kier molecular flexibility index (Phi) is 2.83. The van der Waals surface area contributed by atoms with Gasteiger partial charge in [-0.2, -0.15) is 0 Å². The summed E-state index contributed by atoms with van der Waals surface area (Å²) >= 11 is 1.88. The van der Waals surface area contributed by atoms with Crippen molar-refractivity contribution >= 4 is 17.7 Å². The van der Waals surface area contributed by atoms with E-state index in [1.807, 2.05) is 17.8 Å². The Hall–Kier alpha value is -1.75. The number of rotatable bonds is 2. The molecule has 0 spiro atoms. The van der Waals surface area contributed by atoms with Crippen molar-refractivity contribution in [2.45, 2.75) is 17.7 Å². The number of aromatic carboxylic acids is 1. The highest BCUT2D eigenvalue weighted by Crippen LogP contribution is 2.32. The Bertz CT molecular complexity index is 607. The van der Waals surface area contributed by atoms with Crippen molar-refractivity contribution in [3.63, 3.8) is 0 Å². The fourth-order valence-electron chi connectivity index (χ4n) is 2.10. The summed E-state index contributed by atoms with van der Waals surface area (Å²) in [5.74, 6) is 0.131. The second kappa shape index (κ2) is 4.49. The van der Waals surface area contributed by atoms with Gasteiger partial charge in [0.2, 0.25) is 5.82 Å². The van der Waals surface area contributed by atoms with Gasteiger partial charge in [-0.25, -0.2) is 9.78 Å². The molecule has 0 radical (unpaired) electrons. The minimum absolute atomic E-state index is 0.0166. The van der Waals surface area contributed by atoms with Gasteiger partial charge < -0.3 is 10.1 Å². The molecule has 1 aliphatic heterocycles. The van der Waals surface area contributed by atoms with Crippen LogP contribution in [0.1, 0.15) is 22.6 Å². The lowest BCUT2D eigenvalue weighted by atomic mass is 10.0. The minimum atomic E-state index is -1.03. The summed E-state index contributed by atoms with van der Waals surface area (Å²) in [6.07, 6.45) is 3.86. The van der Waals surface area contributed by atoms with Crippen LogP contribution in [0, 0.1) is 0 Å². The Labute approximate surface area is 108 Å². The van der Waals surface area contributed by atoms with Crippen molar-refractivity contribution in [2.24, 2.45) is 0 Å². The second-order valence-electron chi connectivity index (χ2n) is 4.23. The third-order valence-electron chi connectivity index (χ3n) is 3.00. The number of imidazole rings is 1. The summed E-state index contributed by atoms with van der Waals surface area (Å²) in [6.45, 7) is 0. The molecule has 0 saturated carbocycles. The average molecular weight is 260 g/mol. The third kappa shape index (κ3) is 2.01. The van der Waals surface area contributed by atoms with Gasteiger partial charge in [0.25, 0.3) is 0 Å². The molecule has 0 atom stereocenters. The lowest BCUT2D eigenvalue weighted by Gasteiger charge is -2.15. The monoisotopic (exact) mass is 260 g/mol. The summed E-state index contributed by atoms with van der Waals surface area (Å²) in [6, 6.07) is 6.24. The van der Waals surface area contributed by atoms with Crippen molar-refractivity contribution in [3.8, 4) is 11.3 Å². The molecule has 0 fully saturated rings. The van der Waals surface area contributed by atoms with Crippen LogP contribution in [0.15, 0.2) is 29.3 Å². The van der Waals surface area contributed by atoms with E-state index >= 15 is 0 Å². The molecule has 3 rings (SSSR count). The first-order valence-electron chi connectivity index (χ1n) is 5.78. The number of H-pyrrole nitrogens is 1. The molecule has 1 aliphatic rings. The molecule has 2 heterocycles. The van der Waals surface area contributed by atoms with E-state index in [-0.39, 0.29) is 5.82 Å². The van der Waals surface area contributed by atoms with Crippen LogP contribution >= 0.6 is 11.8 Å². The maximum atomic E-state index is 10.8. The topological polar surface area (TPSA) is 66.0 Å². The summed E-state index contributed by atoms with van der Waals surface area (Å²) in [5.41, 5.74) is 3.09. The summed E-state index contributed by atoms with van der Waals surface area (Å²) in [5, 5.41) is 8.84. The molecule has 18 heavy (non-hydrogen) atoms. The van der Waals surface area contributed by atoms with E-state index in [1.54, 1.807) is 6.20 Å². The van der Waals surface area contributed by atoms with Gasteiger partial charge in [0.15, 0.2) is 0 Å². The molecule has 0 saturated heterocycles. The smallest absolute Gasteiger partial charge is 0.371 e. The van der Waals surface area contributed by atoms with Crippen LogP contribution in [0.25, 0.3) is 11.3 Å². The number of aromatic amines is 1. The lowest BCUT2D eigenvalue weighted by Crippen LogP contribution is -1.99. The normalized spacial score (nSPS) is 14.2. The number of aryl methyl sites for hydroxylation is 1. The Morgan fingerprint density at radius 3 is 3.11 bits per heavy atom. The highest BCUT2D eigenvalue weighted by Gasteiger charge is 2.13. The predicted molar refractivity (Wildman–Crippen MR) is 70.0 cm³/mol. The van der Waals surface area contributed by atoms with Gasteiger partial charge in [0.1, 0.15) is 0 Å². The molecule has 1 aromatic heterocycles. The number of carboxylic acid groups (broad SMARTS) is 1. The number of benzene rings is 1. The zero-order valence-corrected chi connectivity index (χ0v) is 10.5. The van der Waals surface area contributed by atoms with E-state index in [0.717, 1.165) is 17.7 Å². The fraction of sp³-hybridized carbons (Fsp3) is 0.231. The molecule has 92 valence electrons. The van der Waals surface area contributed by atoms with Crippen molar-refractivity contribution in [1.29, 1.82) is 0 Å². The van der Waals surface area contributed by atoms with E-state index in [1.165, 1.54) is 22.6 Å². The Balaban J connectivity index is 1.98. The van der Waals surface area contributed by atoms with Gasteiger partial charge in [-0.1, -0.05) is 6.07 Å². The molecule has 0 amide bonds. The van der Waals surface area contributed by atoms with Crippen LogP contribution in [0.2, 0.25) is 0 Å². The van der Waals surface area contributed by atoms with Crippen molar-refractivity contribution in [1.82, 2.24) is 9.97 Å². The Morgan fingerprint density at radius 1 is 1.44 bits per heavy atom. The van der Waals surface area contributed by atoms with E-state index in [9.17, 15) is 4.79 Å². The maximum Gasteiger partial charge on any atom is 0.371 e. The number of carbonyl (C=O) groups is 1. The van der Waals surface area contributed by atoms with Gasteiger partial charge in [-0.05, 0) is 41.9 Å². The molecule has 4 nitrogen and oxygen atoms in total. The van der Waals surface area contributed by atoms with Crippen LogP contribution in [-0.4, -0.2) is 26.8 Å². The number of fused-ring (bicyclic) bond motifs is 1. The average Bonchev–Trinajstić information content (AvgIpc) is 2.88. The number of thioether (sulfide) groups is 1. The standard InChI is InChI=1S/C13H12N2O2S/c16-13(17)12-14-7-10(15-12)8-3-4-11-9(6-8)2-1-5-18-11/h3-4,6-7H,1-2,5H2,(H,14,15)(H,16,17). The van der Waals surface area contributed by atoms with Crippen LogP contribution in [0.5, 0.6) is 0 Å². The lowest BCUT2D eigenvalue weighted by molar-refractivity contribution is 0.0685. The van der Waals surface area contributed by atoms with Gasteiger partial charge in [0.05, 0.1) is 11.9 Å². The molecule has 5 heteroatoms. The molecule has 0 bridgehead atoms. The first-order valence-corrected chi connectivity index (χ1v) is 6.77. The van der Waals surface area contributed by atoms with Crippen LogP contribution < -0.4 is 0 Å². The van der Waals surface area contributed by atoms with Gasteiger partial charge >= 0.3 is 5.97 Å². The number of aromatic nitrogens is 2. The molecule has 1 aromatic carbocycles. The number of nitrogens with one attached hydrogen (secondary N) is 1. The largest absolute Gasteiger partial charge is 0.475 e. The highest BCUT2D eigenvalue weighted by atomic mass is 32.2. The maximum absolute atomic E-state index is 10.8. The van der Waals surface area contributed by atoms with E-state index in [4.69, 9.17) is 5.11 Å². The first-order chi connectivity index (χ1) is 8.74. The zero-order chi connectivity index (χ0) is 12.5. The highest BCUT2D eigenvalue weighted by molar-refractivity contribution is 7.99. The summed E-state index contributed by atoms with van der Waals surface area (Å²) in [7, 11) is 0. The molecule has 0 aliphatic carbocycles. The number of hydrogen-bond donors (Lipinski definition) is 2. The SMILES string of the molecule is O=C(O)c1ncc(-c2ccc3c(c2)CCCS3)[nH]1. The first kappa shape index (κ1) is 11.3. The molecule has 2 aromatic rings. The van der Waals surface area contributed by atoms with E-state index < -0.39 is 5.97 Å². The number of hydrogen-bond acceptors (Lipinski definition) is 3. The third-order valence-corrected chi connectivity index (χ3v) is 4.20. The van der Waals surface area contributed by atoms with Crippen molar-refractivity contribution in [2.75, 3.05) is 5.75 Å². The van der Waals surface area contributed by atoms with Crippen LogP contribution in [-0.2, 0) is 6.42 Å². The van der Waals surface area contributed by atoms with Gasteiger partial charge in [-0.15, -0.1) is 11.8 Å². The zero-order valence-electron chi connectivity index (χ0n) is 9.64. The second-order valence-corrected chi connectivity index (χ2v) is 5.36. The Morgan fingerprint density at radius 2 is 2.33 bits per heavy atom. The van der Waals surface area contributed by atoms with Gasteiger partial charge in [-0.3, -0.25) is 0 Å². The quantitative estimate of drug-likeness (QED) is 0.871. The van der Waals surface area contributed by atoms with Crippen molar-refractivity contribution in [3.05, 3.63) is 35.8 Å². The summed E-state index contributed by atoms with van der Waals surface area (Å²) in [4.78, 5) is 18.8. The summed E-state index contributed by atoms with van der Waals surface area (Å²) < 4.78 is 0. The number of carboxylic acids is 1. The molecule has 2 N–H and O–H groups in total. The van der Waals surface area contributed by atoms with Crippen molar-refractivity contribution < 1.29 is 9.90 Å². The van der Waals surface area contributed by atoms with E-state index in [2.05, 4.69) is 22.1 Å². The van der Waals surface area contributed by atoms with Crippen LogP contribution in [0.4, 0.5) is 0 Å². The number of nitrogens with zero attached hydrogens (tertiary/aromatic N) is 1. The molecular weight excluding hydrogens is 248 g/mol.